The zero-order valence-corrected chi connectivity index (χ0v) is 14.2. The van der Waals surface area contributed by atoms with Crippen LogP contribution in [0.4, 0.5) is 8.78 Å². The summed E-state index contributed by atoms with van der Waals surface area (Å²) in [6, 6.07) is 11.3. The van der Waals surface area contributed by atoms with Crippen LogP contribution >= 0.6 is 0 Å². The molecule has 25 heavy (non-hydrogen) atoms. The summed E-state index contributed by atoms with van der Waals surface area (Å²) in [5, 5.41) is 6.05. The van der Waals surface area contributed by atoms with E-state index in [9.17, 15) is 13.6 Å². The molecule has 2 aromatic carbocycles. The van der Waals surface area contributed by atoms with E-state index in [0.717, 1.165) is 25.3 Å². The van der Waals surface area contributed by atoms with Gasteiger partial charge in [0.2, 0.25) is 5.91 Å². The highest BCUT2D eigenvalue weighted by Crippen LogP contribution is 2.29. The van der Waals surface area contributed by atoms with Crippen molar-refractivity contribution in [3.8, 4) is 0 Å². The first-order valence-corrected chi connectivity index (χ1v) is 8.60. The SMILES string of the molecule is C[C@H](NCC(=O)N[C@H]1CCCc2ccccc21)c1ccc(F)cc1F. The van der Waals surface area contributed by atoms with E-state index in [1.165, 1.54) is 23.3 Å². The normalized spacial score (nSPS) is 17.6. The maximum atomic E-state index is 13.8. The predicted octanol–water partition coefficient (Wildman–Crippen LogP) is 3.81. The molecule has 1 aliphatic carbocycles. The van der Waals surface area contributed by atoms with Gasteiger partial charge in [0.25, 0.3) is 0 Å². The van der Waals surface area contributed by atoms with Crippen LogP contribution in [0.25, 0.3) is 0 Å². The highest BCUT2D eigenvalue weighted by atomic mass is 19.1. The van der Waals surface area contributed by atoms with Crippen molar-refractivity contribution in [2.45, 2.75) is 38.3 Å². The molecule has 0 saturated carbocycles. The summed E-state index contributed by atoms with van der Waals surface area (Å²) in [5.41, 5.74) is 2.81. The minimum Gasteiger partial charge on any atom is -0.348 e. The zero-order chi connectivity index (χ0) is 17.8. The van der Waals surface area contributed by atoms with Crippen molar-refractivity contribution in [3.05, 3.63) is 70.8 Å². The maximum Gasteiger partial charge on any atom is 0.234 e. The van der Waals surface area contributed by atoms with Crippen molar-refractivity contribution in [1.29, 1.82) is 0 Å². The Morgan fingerprint density at radius 3 is 2.84 bits per heavy atom. The van der Waals surface area contributed by atoms with Crippen molar-refractivity contribution < 1.29 is 13.6 Å². The Hall–Kier alpha value is -2.27. The van der Waals surface area contributed by atoms with Gasteiger partial charge < -0.3 is 10.6 Å². The molecule has 3 nitrogen and oxygen atoms in total. The number of hydrogen-bond donors (Lipinski definition) is 2. The van der Waals surface area contributed by atoms with Gasteiger partial charge in [-0.25, -0.2) is 8.78 Å². The van der Waals surface area contributed by atoms with Crippen LogP contribution < -0.4 is 10.6 Å². The number of benzene rings is 2. The van der Waals surface area contributed by atoms with Crippen molar-refractivity contribution in [1.82, 2.24) is 10.6 Å². The van der Waals surface area contributed by atoms with Crippen LogP contribution in [0.15, 0.2) is 42.5 Å². The van der Waals surface area contributed by atoms with Crippen molar-refractivity contribution >= 4 is 5.91 Å². The molecule has 0 spiro atoms. The Balaban J connectivity index is 1.57. The average molecular weight is 344 g/mol. The quantitative estimate of drug-likeness (QED) is 0.866. The van der Waals surface area contributed by atoms with Gasteiger partial charge >= 0.3 is 0 Å². The van der Waals surface area contributed by atoms with Gasteiger partial charge in [-0.1, -0.05) is 30.3 Å². The van der Waals surface area contributed by atoms with Crippen LogP contribution in [0, 0.1) is 11.6 Å². The van der Waals surface area contributed by atoms with Crippen LogP contribution in [0.5, 0.6) is 0 Å². The predicted molar refractivity (Wildman–Crippen MR) is 93.0 cm³/mol. The second-order valence-electron chi connectivity index (χ2n) is 6.48. The third-order valence-corrected chi connectivity index (χ3v) is 4.70. The molecule has 2 N–H and O–H groups in total. The first kappa shape index (κ1) is 17.5. The van der Waals surface area contributed by atoms with Crippen LogP contribution in [0.2, 0.25) is 0 Å². The second kappa shape index (κ2) is 7.74. The summed E-state index contributed by atoms with van der Waals surface area (Å²) in [5.74, 6) is -1.35. The van der Waals surface area contributed by atoms with E-state index in [-0.39, 0.29) is 24.5 Å². The Morgan fingerprint density at radius 1 is 1.24 bits per heavy atom. The average Bonchev–Trinajstić information content (AvgIpc) is 2.60. The minimum atomic E-state index is -0.610. The molecule has 0 aromatic heterocycles. The Bertz CT molecular complexity index is 763. The fourth-order valence-corrected chi connectivity index (χ4v) is 3.36. The number of rotatable bonds is 5. The smallest absolute Gasteiger partial charge is 0.234 e. The molecular formula is C20H22F2N2O. The first-order chi connectivity index (χ1) is 12.0. The Morgan fingerprint density at radius 2 is 2.04 bits per heavy atom. The molecule has 2 atom stereocenters. The van der Waals surface area contributed by atoms with E-state index in [0.29, 0.717) is 5.56 Å². The zero-order valence-electron chi connectivity index (χ0n) is 14.2. The van der Waals surface area contributed by atoms with Crippen molar-refractivity contribution in [2.24, 2.45) is 0 Å². The van der Waals surface area contributed by atoms with E-state index in [4.69, 9.17) is 0 Å². The van der Waals surface area contributed by atoms with Crippen molar-refractivity contribution in [3.63, 3.8) is 0 Å². The lowest BCUT2D eigenvalue weighted by Crippen LogP contribution is -2.38. The molecule has 0 saturated heterocycles. The first-order valence-electron chi connectivity index (χ1n) is 8.60. The standard InChI is InChI=1S/C20H22F2N2O/c1-13(16-10-9-15(21)11-18(16)22)23-12-20(25)24-19-8-4-6-14-5-2-3-7-17(14)19/h2-3,5,7,9-11,13,19,23H,4,6,8,12H2,1H3,(H,24,25)/t13-,19-/m0/s1. The van der Waals surface area contributed by atoms with Gasteiger partial charge in [0.15, 0.2) is 0 Å². The number of nitrogens with one attached hydrogen (secondary N) is 2. The molecule has 0 bridgehead atoms. The number of carbonyl (C=O) groups excluding carboxylic acids is 1. The van der Waals surface area contributed by atoms with E-state index in [2.05, 4.69) is 22.8 Å². The van der Waals surface area contributed by atoms with E-state index >= 15 is 0 Å². The number of fused-ring (bicyclic) bond motifs is 1. The molecule has 5 heteroatoms. The number of amides is 1. The Labute approximate surface area is 146 Å². The molecule has 0 unspecified atom stereocenters. The summed E-state index contributed by atoms with van der Waals surface area (Å²) in [4.78, 5) is 12.3. The number of hydrogen-bond acceptors (Lipinski definition) is 2. The van der Waals surface area contributed by atoms with Gasteiger partial charge in [0, 0.05) is 17.7 Å². The van der Waals surface area contributed by atoms with E-state index in [1.807, 2.05) is 12.1 Å². The molecule has 0 aliphatic heterocycles. The molecule has 3 rings (SSSR count). The van der Waals surface area contributed by atoms with Crippen LogP contribution in [-0.4, -0.2) is 12.5 Å². The highest BCUT2D eigenvalue weighted by molar-refractivity contribution is 5.78. The Kier molecular flexibility index (Phi) is 5.43. The number of halogens is 2. The lowest BCUT2D eigenvalue weighted by atomic mass is 9.88. The lowest BCUT2D eigenvalue weighted by Gasteiger charge is -2.26. The van der Waals surface area contributed by atoms with E-state index < -0.39 is 11.6 Å². The van der Waals surface area contributed by atoms with Crippen LogP contribution in [0.1, 0.15) is 48.5 Å². The molecule has 1 amide bonds. The van der Waals surface area contributed by atoms with E-state index in [1.54, 1.807) is 6.92 Å². The summed E-state index contributed by atoms with van der Waals surface area (Å²) in [6.07, 6.45) is 3.01. The minimum absolute atomic E-state index is 0.0251. The van der Waals surface area contributed by atoms with Crippen LogP contribution in [0.3, 0.4) is 0 Å². The summed E-state index contributed by atoms with van der Waals surface area (Å²) in [6.45, 7) is 1.83. The van der Waals surface area contributed by atoms with Gasteiger partial charge in [-0.3, -0.25) is 4.79 Å². The van der Waals surface area contributed by atoms with Crippen molar-refractivity contribution in [2.75, 3.05) is 6.54 Å². The molecule has 132 valence electrons. The monoisotopic (exact) mass is 344 g/mol. The second-order valence-corrected chi connectivity index (χ2v) is 6.48. The fourth-order valence-electron chi connectivity index (χ4n) is 3.36. The molecule has 0 radical (unpaired) electrons. The molecule has 2 aromatic rings. The van der Waals surface area contributed by atoms with Gasteiger partial charge in [0.1, 0.15) is 11.6 Å². The molecular weight excluding hydrogens is 322 g/mol. The largest absolute Gasteiger partial charge is 0.348 e. The topological polar surface area (TPSA) is 41.1 Å². The summed E-state index contributed by atoms with van der Waals surface area (Å²) < 4.78 is 26.8. The van der Waals surface area contributed by atoms with Gasteiger partial charge in [-0.2, -0.15) is 0 Å². The fraction of sp³-hybridized carbons (Fsp3) is 0.350. The van der Waals surface area contributed by atoms with Gasteiger partial charge in [-0.05, 0) is 43.4 Å². The third-order valence-electron chi connectivity index (χ3n) is 4.70. The summed E-state index contributed by atoms with van der Waals surface area (Å²) in [7, 11) is 0. The number of aryl methyl sites for hydroxylation is 1. The number of carbonyl (C=O) groups is 1. The lowest BCUT2D eigenvalue weighted by molar-refractivity contribution is -0.121. The molecule has 0 heterocycles. The summed E-state index contributed by atoms with van der Waals surface area (Å²) >= 11 is 0. The van der Waals surface area contributed by atoms with Gasteiger partial charge in [0.05, 0.1) is 12.6 Å². The molecule has 0 fully saturated rings. The third kappa shape index (κ3) is 4.23. The maximum absolute atomic E-state index is 13.8. The van der Waals surface area contributed by atoms with Gasteiger partial charge in [-0.15, -0.1) is 0 Å². The highest BCUT2D eigenvalue weighted by Gasteiger charge is 2.21. The van der Waals surface area contributed by atoms with Crippen LogP contribution in [-0.2, 0) is 11.2 Å². The molecule has 1 aliphatic rings.